The van der Waals surface area contributed by atoms with Crippen molar-refractivity contribution in [1.29, 1.82) is 0 Å². The average Bonchev–Trinajstić information content (AvgIpc) is 2.71. The Balaban J connectivity index is 2.62. The smallest absolute Gasteiger partial charge is 0.262 e. The number of aromatic nitrogens is 2. The van der Waals surface area contributed by atoms with Gasteiger partial charge in [0.15, 0.2) is 0 Å². The van der Waals surface area contributed by atoms with Crippen LogP contribution in [0.25, 0.3) is 0 Å². The van der Waals surface area contributed by atoms with Crippen LogP contribution in [-0.4, -0.2) is 18.2 Å². The Morgan fingerprint density at radius 3 is 1.77 bits per heavy atom. The maximum Gasteiger partial charge on any atom is 0.262 e. The van der Waals surface area contributed by atoms with Crippen LogP contribution in [0.5, 0.6) is 0 Å². The van der Waals surface area contributed by atoms with Crippen LogP contribution in [0.3, 0.4) is 0 Å². The zero-order valence-electron chi connectivity index (χ0n) is 14.2. The molecule has 0 atom stereocenters. The predicted octanol–water partition coefficient (Wildman–Crippen LogP) is 3.07. The van der Waals surface area contributed by atoms with E-state index < -0.39 is 10.0 Å². The second-order valence-corrected chi connectivity index (χ2v) is 7.48. The Labute approximate surface area is 132 Å². The fourth-order valence-electron chi connectivity index (χ4n) is 2.76. The van der Waals surface area contributed by atoms with E-state index in [1.165, 1.54) is 0 Å². The number of rotatable bonds is 3. The molecular formula is C16H23N3O2S. The molecular weight excluding hydrogens is 298 g/mol. The van der Waals surface area contributed by atoms with Crippen LogP contribution in [0, 0.1) is 41.5 Å². The predicted molar refractivity (Wildman–Crippen MR) is 88.9 cm³/mol. The van der Waals surface area contributed by atoms with Crippen LogP contribution in [0.15, 0.2) is 11.1 Å². The van der Waals surface area contributed by atoms with Gasteiger partial charge in [0.2, 0.25) is 0 Å². The molecule has 0 unspecified atom stereocenters. The van der Waals surface area contributed by atoms with E-state index in [2.05, 4.69) is 9.82 Å². The maximum absolute atomic E-state index is 12.9. The molecule has 22 heavy (non-hydrogen) atoms. The van der Waals surface area contributed by atoms with Gasteiger partial charge in [-0.15, -0.1) is 0 Å². The molecule has 0 amide bonds. The van der Waals surface area contributed by atoms with Gasteiger partial charge in [0.05, 0.1) is 16.3 Å². The lowest BCUT2D eigenvalue weighted by Crippen LogP contribution is -2.18. The molecule has 0 bridgehead atoms. The van der Waals surface area contributed by atoms with Crippen LogP contribution >= 0.6 is 0 Å². The number of sulfonamides is 1. The van der Waals surface area contributed by atoms with E-state index >= 15 is 0 Å². The van der Waals surface area contributed by atoms with E-state index in [1.807, 2.05) is 34.6 Å². The number of nitrogens with one attached hydrogen (secondary N) is 1. The topological polar surface area (TPSA) is 64.0 Å². The highest BCUT2D eigenvalue weighted by Gasteiger charge is 2.24. The van der Waals surface area contributed by atoms with Gasteiger partial charge in [-0.2, -0.15) is 5.10 Å². The van der Waals surface area contributed by atoms with Crippen molar-refractivity contribution in [3.8, 4) is 0 Å². The van der Waals surface area contributed by atoms with Crippen molar-refractivity contribution >= 4 is 15.7 Å². The minimum Gasteiger partial charge on any atom is -0.276 e. The van der Waals surface area contributed by atoms with E-state index in [4.69, 9.17) is 0 Å². The third-order valence-corrected chi connectivity index (χ3v) is 6.10. The Morgan fingerprint density at radius 1 is 0.909 bits per heavy atom. The first-order valence-corrected chi connectivity index (χ1v) is 8.64. The van der Waals surface area contributed by atoms with Crippen LogP contribution in [0.1, 0.15) is 33.5 Å². The highest BCUT2D eigenvalue weighted by Crippen LogP contribution is 2.31. The molecule has 6 heteroatoms. The summed E-state index contributed by atoms with van der Waals surface area (Å²) in [6, 6.07) is 0. The van der Waals surface area contributed by atoms with Crippen LogP contribution in [-0.2, 0) is 17.1 Å². The number of benzene rings is 1. The van der Waals surface area contributed by atoms with Gasteiger partial charge in [-0.25, -0.2) is 8.42 Å². The van der Waals surface area contributed by atoms with Crippen molar-refractivity contribution in [2.24, 2.45) is 7.05 Å². The zero-order valence-corrected chi connectivity index (χ0v) is 15.0. The molecule has 0 radical (unpaired) electrons. The van der Waals surface area contributed by atoms with Gasteiger partial charge < -0.3 is 0 Å². The second-order valence-electron chi connectivity index (χ2n) is 5.86. The Hall–Kier alpha value is -1.82. The summed E-state index contributed by atoms with van der Waals surface area (Å²) in [7, 11) is -1.88. The first kappa shape index (κ1) is 16.5. The summed E-state index contributed by atoms with van der Waals surface area (Å²) in [5, 5.41) is 4.17. The summed E-state index contributed by atoms with van der Waals surface area (Å²) in [4.78, 5) is 0.372. The molecule has 0 aliphatic carbocycles. The van der Waals surface area contributed by atoms with Gasteiger partial charge >= 0.3 is 0 Å². The summed E-state index contributed by atoms with van der Waals surface area (Å²) >= 11 is 0. The van der Waals surface area contributed by atoms with E-state index in [0.29, 0.717) is 16.3 Å². The summed E-state index contributed by atoms with van der Waals surface area (Å²) in [6.45, 7) is 11.5. The largest absolute Gasteiger partial charge is 0.276 e. The number of nitrogens with zero attached hydrogens (tertiary/aromatic N) is 2. The molecule has 1 aromatic heterocycles. The summed E-state index contributed by atoms with van der Waals surface area (Å²) in [5.74, 6) is 0. The first-order valence-electron chi connectivity index (χ1n) is 7.16. The second kappa shape index (κ2) is 5.43. The highest BCUT2D eigenvalue weighted by molar-refractivity contribution is 7.92. The standard InChI is InChI=1S/C16H23N3O2S/c1-9-10(2)12(4)16(13(5)11(9)3)22(20,21)18-15-8-19(7)17-14(15)6/h8,18H,1-7H3. The van der Waals surface area contributed by atoms with Crippen LogP contribution in [0.2, 0.25) is 0 Å². The van der Waals surface area contributed by atoms with Crippen molar-refractivity contribution in [2.45, 2.75) is 46.4 Å². The zero-order chi connectivity index (χ0) is 16.8. The number of hydrogen-bond donors (Lipinski definition) is 1. The first-order chi connectivity index (χ1) is 10.1. The van der Waals surface area contributed by atoms with E-state index in [1.54, 1.807) is 24.9 Å². The molecule has 2 aromatic rings. The normalized spacial score (nSPS) is 11.8. The molecule has 120 valence electrons. The Kier molecular flexibility index (Phi) is 4.08. The Bertz CT molecular complexity index is 820. The number of aryl methyl sites for hydroxylation is 2. The molecule has 0 fully saturated rings. The third-order valence-electron chi connectivity index (χ3n) is 4.46. The number of hydrogen-bond acceptors (Lipinski definition) is 3. The molecule has 0 aliphatic heterocycles. The molecule has 5 nitrogen and oxygen atoms in total. The Morgan fingerprint density at radius 2 is 1.36 bits per heavy atom. The van der Waals surface area contributed by atoms with Crippen LogP contribution in [0.4, 0.5) is 5.69 Å². The fraction of sp³-hybridized carbons (Fsp3) is 0.438. The minimum absolute atomic E-state index is 0.372. The van der Waals surface area contributed by atoms with Gasteiger partial charge in [-0.05, 0) is 69.4 Å². The lowest BCUT2D eigenvalue weighted by Gasteiger charge is -2.19. The SMILES string of the molecule is Cc1nn(C)cc1NS(=O)(=O)c1c(C)c(C)c(C)c(C)c1C. The van der Waals surface area contributed by atoms with Gasteiger partial charge in [-0.3, -0.25) is 9.40 Å². The number of anilines is 1. The van der Waals surface area contributed by atoms with Crippen molar-refractivity contribution < 1.29 is 8.42 Å². The minimum atomic E-state index is -3.65. The van der Waals surface area contributed by atoms with Gasteiger partial charge in [0, 0.05) is 13.2 Å². The third kappa shape index (κ3) is 2.63. The van der Waals surface area contributed by atoms with Crippen molar-refractivity contribution in [3.05, 3.63) is 39.7 Å². The molecule has 2 rings (SSSR count). The van der Waals surface area contributed by atoms with Gasteiger partial charge in [0.25, 0.3) is 10.0 Å². The summed E-state index contributed by atoms with van der Waals surface area (Å²) < 4.78 is 30.0. The fourth-order valence-corrected chi connectivity index (χ4v) is 4.47. The summed E-state index contributed by atoms with van der Waals surface area (Å²) in [6.07, 6.45) is 1.67. The molecule has 1 N–H and O–H groups in total. The van der Waals surface area contributed by atoms with E-state index in [9.17, 15) is 8.42 Å². The molecule has 0 saturated heterocycles. The lowest BCUT2D eigenvalue weighted by atomic mass is 9.95. The molecule has 0 saturated carbocycles. The maximum atomic E-state index is 12.9. The molecule has 1 aromatic carbocycles. The van der Waals surface area contributed by atoms with Crippen molar-refractivity contribution in [1.82, 2.24) is 9.78 Å². The monoisotopic (exact) mass is 321 g/mol. The van der Waals surface area contributed by atoms with Crippen molar-refractivity contribution in [2.75, 3.05) is 4.72 Å². The average molecular weight is 321 g/mol. The molecule has 0 aliphatic rings. The van der Waals surface area contributed by atoms with Gasteiger partial charge in [-0.1, -0.05) is 0 Å². The quantitative estimate of drug-likeness (QED) is 0.945. The van der Waals surface area contributed by atoms with Gasteiger partial charge in [0.1, 0.15) is 0 Å². The van der Waals surface area contributed by atoms with Crippen LogP contribution < -0.4 is 4.72 Å². The van der Waals surface area contributed by atoms with Crippen molar-refractivity contribution in [3.63, 3.8) is 0 Å². The summed E-state index contributed by atoms with van der Waals surface area (Å²) in [5.41, 5.74) is 5.95. The molecule has 0 spiro atoms. The molecule has 1 heterocycles. The van der Waals surface area contributed by atoms with E-state index in [-0.39, 0.29) is 0 Å². The highest BCUT2D eigenvalue weighted by atomic mass is 32.2. The van der Waals surface area contributed by atoms with E-state index in [0.717, 1.165) is 27.8 Å². The lowest BCUT2D eigenvalue weighted by molar-refractivity contribution is 0.599.